The van der Waals surface area contributed by atoms with Gasteiger partial charge in [0.25, 0.3) is 0 Å². The number of allylic oxidation sites excluding steroid dienone is 3. The minimum Gasteiger partial charge on any atom is -0.285 e. The van der Waals surface area contributed by atoms with E-state index in [1.165, 1.54) is 11.1 Å². The lowest BCUT2D eigenvalue weighted by Crippen LogP contribution is -2.14. The van der Waals surface area contributed by atoms with Crippen LogP contribution >= 0.6 is 15.9 Å². The van der Waals surface area contributed by atoms with E-state index >= 15 is 0 Å². The minimum absolute atomic E-state index is 0.264. The maximum atomic E-state index is 4.46. The number of dihydropyridines is 1. The SMILES string of the molecule is Brc1cnc2nnn(CC3=CCC4N=CC=CC4=C3)c2n1. The number of nitrogens with zero attached hydrogens (tertiary/aromatic N) is 6. The van der Waals surface area contributed by atoms with E-state index in [2.05, 4.69) is 59.4 Å². The standard InChI is InChI=1S/C14H11BrN6/c15-12-7-17-13-14(18-12)21(20-19-13)8-9-3-4-11-10(6-9)2-1-5-16-11/h1-3,5-7,11H,4,8H2. The zero-order valence-corrected chi connectivity index (χ0v) is 12.6. The van der Waals surface area contributed by atoms with Gasteiger partial charge in [-0.15, -0.1) is 5.10 Å². The lowest BCUT2D eigenvalue weighted by atomic mass is 9.93. The second-order valence-corrected chi connectivity index (χ2v) is 5.73. The zero-order valence-electron chi connectivity index (χ0n) is 11.0. The minimum atomic E-state index is 0.264. The van der Waals surface area contributed by atoms with Gasteiger partial charge in [0.1, 0.15) is 4.60 Å². The topological polar surface area (TPSA) is 68.8 Å². The van der Waals surface area contributed by atoms with E-state index in [1.807, 2.05) is 12.3 Å². The highest BCUT2D eigenvalue weighted by molar-refractivity contribution is 9.10. The maximum Gasteiger partial charge on any atom is 0.221 e. The van der Waals surface area contributed by atoms with Crippen LogP contribution in [0.2, 0.25) is 0 Å². The highest BCUT2D eigenvalue weighted by Gasteiger charge is 2.17. The van der Waals surface area contributed by atoms with Gasteiger partial charge in [-0.2, -0.15) is 0 Å². The van der Waals surface area contributed by atoms with Crippen molar-refractivity contribution in [3.63, 3.8) is 0 Å². The molecule has 0 saturated carbocycles. The summed E-state index contributed by atoms with van der Waals surface area (Å²) >= 11 is 3.33. The van der Waals surface area contributed by atoms with Crippen LogP contribution in [0.3, 0.4) is 0 Å². The maximum absolute atomic E-state index is 4.46. The third-order valence-electron chi connectivity index (χ3n) is 3.51. The average Bonchev–Trinajstić information content (AvgIpc) is 2.89. The van der Waals surface area contributed by atoms with Crippen LogP contribution in [0.15, 0.2) is 51.2 Å². The molecule has 21 heavy (non-hydrogen) atoms. The first kappa shape index (κ1) is 12.6. The molecule has 0 N–H and O–H groups in total. The van der Waals surface area contributed by atoms with Gasteiger partial charge in [-0.1, -0.05) is 23.4 Å². The molecule has 0 fully saturated rings. The van der Waals surface area contributed by atoms with Crippen LogP contribution in [-0.4, -0.2) is 37.2 Å². The summed E-state index contributed by atoms with van der Waals surface area (Å²) < 4.78 is 2.45. The van der Waals surface area contributed by atoms with Crippen LogP contribution in [0.5, 0.6) is 0 Å². The van der Waals surface area contributed by atoms with Gasteiger partial charge in [-0.3, -0.25) is 4.99 Å². The van der Waals surface area contributed by atoms with Gasteiger partial charge in [-0.25, -0.2) is 14.6 Å². The van der Waals surface area contributed by atoms with Crippen LogP contribution in [0, 0.1) is 0 Å². The van der Waals surface area contributed by atoms with Crippen LogP contribution in [0.4, 0.5) is 0 Å². The molecule has 0 aromatic carbocycles. The Labute approximate surface area is 129 Å². The lowest BCUT2D eigenvalue weighted by molar-refractivity contribution is 0.653. The molecule has 3 heterocycles. The van der Waals surface area contributed by atoms with Crippen molar-refractivity contribution in [2.24, 2.45) is 4.99 Å². The van der Waals surface area contributed by atoms with Gasteiger partial charge in [0, 0.05) is 6.21 Å². The number of rotatable bonds is 2. The normalized spacial score (nSPS) is 20.3. The Balaban J connectivity index is 1.65. The third-order valence-corrected chi connectivity index (χ3v) is 3.89. The number of halogens is 1. The van der Waals surface area contributed by atoms with Crippen molar-refractivity contribution >= 4 is 33.4 Å². The molecule has 2 aromatic heterocycles. The predicted molar refractivity (Wildman–Crippen MR) is 83.0 cm³/mol. The molecular formula is C14H11BrN6. The van der Waals surface area contributed by atoms with Crippen LogP contribution in [-0.2, 0) is 6.54 Å². The average molecular weight is 343 g/mol. The lowest BCUT2D eigenvalue weighted by Gasteiger charge is -2.20. The van der Waals surface area contributed by atoms with E-state index in [0.717, 1.165) is 6.42 Å². The fourth-order valence-electron chi connectivity index (χ4n) is 2.51. The molecule has 1 atom stereocenters. The summed E-state index contributed by atoms with van der Waals surface area (Å²) in [5, 5.41) is 8.18. The highest BCUT2D eigenvalue weighted by Crippen LogP contribution is 2.24. The molecule has 0 radical (unpaired) electrons. The van der Waals surface area contributed by atoms with Crippen molar-refractivity contribution in [3.8, 4) is 0 Å². The molecule has 7 heteroatoms. The molecule has 1 aliphatic heterocycles. The summed E-state index contributed by atoms with van der Waals surface area (Å²) in [6, 6.07) is 0.264. The van der Waals surface area contributed by atoms with Crippen LogP contribution < -0.4 is 0 Å². The molecule has 0 amide bonds. The zero-order chi connectivity index (χ0) is 14.2. The van der Waals surface area contributed by atoms with Gasteiger partial charge < -0.3 is 0 Å². The molecule has 0 bridgehead atoms. The fraction of sp³-hybridized carbons (Fsp3) is 0.214. The monoisotopic (exact) mass is 342 g/mol. The molecule has 4 rings (SSSR count). The van der Waals surface area contributed by atoms with Crippen molar-refractivity contribution in [2.45, 2.75) is 19.0 Å². The summed E-state index contributed by atoms with van der Waals surface area (Å²) in [7, 11) is 0. The Morgan fingerprint density at radius 1 is 1.38 bits per heavy atom. The summed E-state index contributed by atoms with van der Waals surface area (Å²) in [5.74, 6) is 0. The third kappa shape index (κ3) is 2.33. The van der Waals surface area contributed by atoms with Crippen molar-refractivity contribution in [1.82, 2.24) is 25.0 Å². The van der Waals surface area contributed by atoms with Gasteiger partial charge in [0.05, 0.1) is 18.8 Å². The van der Waals surface area contributed by atoms with E-state index in [9.17, 15) is 0 Å². The molecule has 104 valence electrons. The number of hydrogen-bond acceptors (Lipinski definition) is 5. The van der Waals surface area contributed by atoms with E-state index in [1.54, 1.807) is 10.9 Å². The van der Waals surface area contributed by atoms with Crippen molar-refractivity contribution < 1.29 is 0 Å². The number of aromatic nitrogens is 5. The molecule has 0 spiro atoms. The molecule has 1 aliphatic carbocycles. The second-order valence-electron chi connectivity index (χ2n) is 4.92. The van der Waals surface area contributed by atoms with E-state index in [4.69, 9.17) is 0 Å². The molecule has 1 unspecified atom stereocenters. The smallest absolute Gasteiger partial charge is 0.221 e. The number of hydrogen-bond donors (Lipinski definition) is 0. The Bertz CT molecular complexity index is 829. The van der Waals surface area contributed by atoms with Crippen molar-refractivity contribution in [1.29, 1.82) is 0 Å². The van der Waals surface area contributed by atoms with E-state index < -0.39 is 0 Å². The van der Waals surface area contributed by atoms with Gasteiger partial charge in [0.2, 0.25) is 5.65 Å². The Morgan fingerprint density at radius 3 is 3.29 bits per heavy atom. The number of aliphatic imine (C=N–C) groups is 1. The van der Waals surface area contributed by atoms with Gasteiger partial charge >= 0.3 is 0 Å². The number of fused-ring (bicyclic) bond motifs is 2. The van der Waals surface area contributed by atoms with Crippen LogP contribution in [0.25, 0.3) is 11.3 Å². The molecule has 6 nitrogen and oxygen atoms in total. The Morgan fingerprint density at radius 2 is 2.33 bits per heavy atom. The summed E-state index contributed by atoms with van der Waals surface area (Å²) in [5.41, 5.74) is 3.67. The first-order chi connectivity index (χ1) is 10.3. The van der Waals surface area contributed by atoms with E-state index in [-0.39, 0.29) is 6.04 Å². The predicted octanol–water partition coefficient (Wildman–Crippen LogP) is 2.25. The largest absolute Gasteiger partial charge is 0.285 e. The second kappa shape index (κ2) is 5.00. The summed E-state index contributed by atoms with van der Waals surface area (Å²) in [6.45, 7) is 0.634. The molecular weight excluding hydrogens is 332 g/mol. The molecule has 2 aromatic rings. The van der Waals surface area contributed by atoms with Crippen LogP contribution in [0.1, 0.15) is 6.42 Å². The van der Waals surface area contributed by atoms with Crippen molar-refractivity contribution in [2.75, 3.05) is 0 Å². The summed E-state index contributed by atoms with van der Waals surface area (Å²) in [4.78, 5) is 13.0. The first-order valence-corrected chi connectivity index (χ1v) is 7.41. The van der Waals surface area contributed by atoms with Gasteiger partial charge in [-0.05, 0) is 39.6 Å². The fourth-order valence-corrected chi connectivity index (χ4v) is 2.78. The quantitative estimate of drug-likeness (QED) is 0.839. The van der Waals surface area contributed by atoms with E-state index in [0.29, 0.717) is 22.4 Å². The van der Waals surface area contributed by atoms with Gasteiger partial charge in [0.15, 0.2) is 5.65 Å². The Hall–Kier alpha value is -2.15. The molecule has 0 saturated heterocycles. The summed E-state index contributed by atoms with van der Waals surface area (Å²) in [6.07, 6.45) is 12.9. The molecule has 2 aliphatic rings. The highest BCUT2D eigenvalue weighted by atomic mass is 79.9. The van der Waals surface area contributed by atoms with Crippen molar-refractivity contribution in [3.05, 3.63) is 46.3 Å². The first-order valence-electron chi connectivity index (χ1n) is 6.62. The Kier molecular flexibility index (Phi) is 2.99.